The highest BCUT2D eigenvalue weighted by Crippen LogP contribution is 2.42. The lowest BCUT2D eigenvalue weighted by atomic mass is 9.95. The van der Waals surface area contributed by atoms with Crippen LogP contribution in [0.2, 0.25) is 0 Å². The van der Waals surface area contributed by atoms with Gasteiger partial charge in [0.1, 0.15) is 5.82 Å². The molecule has 0 aliphatic rings. The fourth-order valence-electron chi connectivity index (χ4n) is 8.29. The summed E-state index contributed by atoms with van der Waals surface area (Å²) in [5.41, 5.74) is 13.1. The first kappa shape index (κ1) is 30.3. The highest BCUT2D eigenvalue weighted by molar-refractivity contribution is 6.29. The van der Waals surface area contributed by atoms with E-state index in [0.29, 0.717) is 0 Å². The van der Waals surface area contributed by atoms with Gasteiger partial charge in [0.05, 0.1) is 33.3 Å². The van der Waals surface area contributed by atoms with Gasteiger partial charge in [0.2, 0.25) is 0 Å². The quantitative estimate of drug-likeness (QED) is 0.169. The van der Waals surface area contributed by atoms with Crippen LogP contribution in [0.3, 0.4) is 0 Å². The molecule has 4 heteroatoms. The number of rotatable bonds is 5. The highest BCUT2D eigenvalue weighted by Gasteiger charge is 2.20. The second-order valence-electron chi connectivity index (χ2n) is 13.8. The largest absolute Gasteiger partial charge is 0.309 e. The predicted molar refractivity (Wildman–Crippen MR) is 225 cm³/mol. The molecular weight excluding hydrogens is 657 g/mol. The molecule has 4 nitrogen and oxygen atoms in total. The minimum absolute atomic E-state index is 0.930. The summed E-state index contributed by atoms with van der Waals surface area (Å²) in [6.45, 7) is 0. The van der Waals surface area contributed by atoms with Crippen LogP contribution in [0.4, 0.5) is 0 Å². The number of benzene rings is 8. The van der Waals surface area contributed by atoms with Gasteiger partial charge in [0.15, 0.2) is 0 Å². The van der Waals surface area contributed by atoms with Crippen molar-refractivity contribution in [2.75, 3.05) is 0 Å². The fourth-order valence-corrected chi connectivity index (χ4v) is 8.29. The third-order valence-corrected chi connectivity index (χ3v) is 10.7. The lowest BCUT2D eigenvalue weighted by Gasteiger charge is -2.14. The maximum absolute atomic E-state index is 5.33. The maximum atomic E-state index is 5.33. The number of nitrogens with zero attached hydrogens (tertiary/aromatic N) is 4. The monoisotopic (exact) mass is 688 g/mol. The van der Waals surface area contributed by atoms with Crippen molar-refractivity contribution >= 4 is 54.5 Å². The molecule has 3 aromatic heterocycles. The van der Waals surface area contributed by atoms with E-state index in [1.807, 2.05) is 12.1 Å². The molecule has 0 N–H and O–H groups in total. The third-order valence-electron chi connectivity index (χ3n) is 10.7. The molecule has 0 atom stereocenters. The zero-order chi connectivity index (χ0) is 35.6. The number of hydrogen-bond donors (Lipinski definition) is 0. The Balaban J connectivity index is 1.07. The van der Waals surface area contributed by atoms with Crippen molar-refractivity contribution in [2.45, 2.75) is 0 Å². The van der Waals surface area contributed by atoms with Crippen LogP contribution in [0.5, 0.6) is 0 Å². The number of pyridine rings is 1. The van der Waals surface area contributed by atoms with Crippen LogP contribution in [0, 0.1) is 0 Å². The number of hydrogen-bond acceptors (Lipinski definition) is 2. The molecule has 0 fully saturated rings. The Hall–Kier alpha value is -7.30. The molecule has 0 bridgehead atoms. The minimum atomic E-state index is 0.930. The summed E-state index contributed by atoms with van der Waals surface area (Å²) in [5.74, 6) is 0.930. The summed E-state index contributed by atoms with van der Waals surface area (Å²) < 4.78 is 4.65. The van der Waals surface area contributed by atoms with E-state index in [1.165, 1.54) is 27.2 Å². The van der Waals surface area contributed by atoms with Crippen molar-refractivity contribution in [3.8, 4) is 45.1 Å². The topological polar surface area (TPSA) is 35.6 Å². The molecule has 3 heterocycles. The second kappa shape index (κ2) is 12.1. The van der Waals surface area contributed by atoms with E-state index in [1.54, 1.807) is 0 Å². The van der Waals surface area contributed by atoms with Crippen LogP contribution < -0.4 is 0 Å². The van der Waals surface area contributed by atoms with Gasteiger partial charge in [-0.25, -0.2) is 9.97 Å². The first-order chi connectivity index (χ1) is 26.8. The van der Waals surface area contributed by atoms with E-state index >= 15 is 0 Å². The van der Waals surface area contributed by atoms with Gasteiger partial charge < -0.3 is 4.57 Å². The summed E-state index contributed by atoms with van der Waals surface area (Å²) in [7, 11) is 0. The molecule has 11 rings (SSSR count). The van der Waals surface area contributed by atoms with Crippen LogP contribution in [0.15, 0.2) is 194 Å². The molecule has 0 unspecified atom stereocenters. The van der Waals surface area contributed by atoms with Gasteiger partial charge in [-0.3, -0.25) is 4.57 Å². The summed E-state index contributed by atoms with van der Waals surface area (Å²) in [6, 6.07) is 68.9. The van der Waals surface area contributed by atoms with Crippen molar-refractivity contribution in [1.82, 2.24) is 19.1 Å². The number of fused-ring (bicyclic) bond motifs is 8. The fraction of sp³-hybridized carbons (Fsp3) is 0. The Labute approximate surface area is 311 Å². The Morgan fingerprint density at radius 1 is 0.315 bits per heavy atom. The van der Waals surface area contributed by atoms with E-state index in [4.69, 9.17) is 9.97 Å². The Morgan fingerprint density at radius 3 is 1.76 bits per heavy atom. The normalized spacial score (nSPS) is 11.7. The number of imidazole rings is 1. The van der Waals surface area contributed by atoms with Gasteiger partial charge in [-0.15, -0.1) is 0 Å². The van der Waals surface area contributed by atoms with Gasteiger partial charge >= 0.3 is 0 Å². The van der Waals surface area contributed by atoms with E-state index in [-0.39, 0.29) is 0 Å². The van der Waals surface area contributed by atoms with Crippen molar-refractivity contribution in [2.24, 2.45) is 0 Å². The smallest absolute Gasteiger partial charge is 0.145 e. The molecule has 8 aromatic carbocycles. The van der Waals surface area contributed by atoms with Crippen LogP contribution in [0.25, 0.3) is 99.7 Å². The van der Waals surface area contributed by atoms with Crippen molar-refractivity contribution in [3.05, 3.63) is 194 Å². The summed E-state index contributed by atoms with van der Waals surface area (Å²) in [5, 5.41) is 6.03. The molecule has 0 saturated carbocycles. The Kier molecular flexibility index (Phi) is 6.82. The molecule has 0 amide bonds. The zero-order valence-electron chi connectivity index (χ0n) is 29.3. The Morgan fingerprint density at radius 2 is 0.944 bits per heavy atom. The van der Waals surface area contributed by atoms with Crippen molar-refractivity contribution in [3.63, 3.8) is 0 Å². The van der Waals surface area contributed by atoms with E-state index in [0.717, 1.165) is 72.5 Å². The predicted octanol–water partition coefficient (Wildman–Crippen LogP) is 12.8. The van der Waals surface area contributed by atoms with E-state index in [9.17, 15) is 0 Å². The minimum Gasteiger partial charge on any atom is -0.309 e. The third kappa shape index (κ3) is 4.70. The first-order valence-corrected chi connectivity index (χ1v) is 18.3. The molecule has 0 aliphatic heterocycles. The summed E-state index contributed by atoms with van der Waals surface area (Å²) in [6.07, 6.45) is 0. The Bertz CT molecular complexity index is 3190. The van der Waals surface area contributed by atoms with Gasteiger partial charge in [0, 0.05) is 49.4 Å². The molecule has 252 valence electrons. The van der Waals surface area contributed by atoms with Crippen molar-refractivity contribution < 1.29 is 0 Å². The van der Waals surface area contributed by atoms with Gasteiger partial charge in [0.25, 0.3) is 0 Å². The second-order valence-corrected chi connectivity index (χ2v) is 13.8. The summed E-state index contributed by atoms with van der Waals surface area (Å²) >= 11 is 0. The van der Waals surface area contributed by atoms with Crippen LogP contribution in [-0.2, 0) is 0 Å². The molecule has 0 aliphatic carbocycles. The number of para-hydroxylation sites is 5. The molecule has 0 radical (unpaired) electrons. The standard InChI is InChI=1S/C50H32N4/c1-3-14-35(15-4-1)50-52-43-23-10-12-25-45(43)54(50)38-19-13-16-36(32-38)33-26-28-34(29-27-33)49-41-30-31-46-48(47(41)39-20-7-9-22-42(39)51-49)40-21-8-11-24-44(40)53(46)37-17-5-2-6-18-37/h1-32H. The van der Waals surface area contributed by atoms with Crippen LogP contribution in [-0.4, -0.2) is 19.1 Å². The van der Waals surface area contributed by atoms with Crippen LogP contribution in [0.1, 0.15) is 0 Å². The van der Waals surface area contributed by atoms with E-state index < -0.39 is 0 Å². The van der Waals surface area contributed by atoms with E-state index in [2.05, 4.69) is 191 Å². The van der Waals surface area contributed by atoms with Crippen LogP contribution >= 0.6 is 0 Å². The highest BCUT2D eigenvalue weighted by atomic mass is 15.1. The lowest BCUT2D eigenvalue weighted by Crippen LogP contribution is -1.98. The first-order valence-electron chi connectivity index (χ1n) is 18.3. The summed E-state index contributed by atoms with van der Waals surface area (Å²) in [4.78, 5) is 10.4. The average molecular weight is 689 g/mol. The van der Waals surface area contributed by atoms with Gasteiger partial charge in [-0.05, 0) is 65.7 Å². The van der Waals surface area contributed by atoms with Gasteiger partial charge in [-0.1, -0.05) is 140 Å². The molecular formula is C50H32N4. The average Bonchev–Trinajstić information content (AvgIpc) is 3.81. The molecule has 0 spiro atoms. The SMILES string of the molecule is c1ccc(-c2nc3ccccc3n2-c2cccc(-c3ccc(-c4nc5ccccc5c5c4ccc4c5c5ccccc5n4-c4ccccc4)cc3)c2)cc1. The molecule has 11 aromatic rings. The molecule has 0 saturated heterocycles. The van der Waals surface area contributed by atoms with Crippen molar-refractivity contribution in [1.29, 1.82) is 0 Å². The molecule has 54 heavy (non-hydrogen) atoms. The maximum Gasteiger partial charge on any atom is 0.145 e. The lowest BCUT2D eigenvalue weighted by molar-refractivity contribution is 1.10. The van der Waals surface area contributed by atoms with Gasteiger partial charge in [-0.2, -0.15) is 0 Å². The zero-order valence-corrected chi connectivity index (χ0v) is 29.3. The number of aromatic nitrogens is 4.